The zero-order chi connectivity index (χ0) is 21.0. The molecule has 0 aromatic heterocycles. The van der Waals surface area contributed by atoms with E-state index in [9.17, 15) is 18.0 Å². The highest BCUT2D eigenvalue weighted by atomic mass is 32.2. The zero-order valence-electron chi connectivity index (χ0n) is 15.4. The van der Waals surface area contributed by atoms with Gasteiger partial charge >= 0.3 is 5.97 Å². The number of amides is 1. The van der Waals surface area contributed by atoms with Gasteiger partial charge in [0.15, 0.2) is 0 Å². The van der Waals surface area contributed by atoms with Gasteiger partial charge in [-0.1, -0.05) is 35.9 Å². The van der Waals surface area contributed by atoms with E-state index in [-0.39, 0.29) is 21.7 Å². The van der Waals surface area contributed by atoms with Crippen molar-refractivity contribution >= 4 is 33.3 Å². The Morgan fingerprint density at radius 2 is 1.59 bits per heavy atom. The van der Waals surface area contributed by atoms with E-state index >= 15 is 0 Å². The largest absolute Gasteiger partial charge is 0.478 e. The van der Waals surface area contributed by atoms with E-state index in [2.05, 4.69) is 10.0 Å². The van der Waals surface area contributed by atoms with E-state index in [1.807, 2.05) is 19.1 Å². The van der Waals surface area contributed by atoms with E-state index < -0.39 is 21.9 Å². The number of rotatable bonds is 6. The van der Waals surface area contributed by atoms with Gasteiger partial charge in [0.1, 0.15) is 0 Å². The Balaban J connectivity index is 1.88. The van der Waals surface area contributed by atoms with E-state index in [4.69, 9.17) is 5.11 Å². The van der Waals surface area contributed by atoms with Crippen molar-refractivity contribution in [1.82, 2.24) is 0 Å². The van der Waals surface area contributed by atoms with Gasteiger partial charge in [-0.15, -0.1) is 0 Å². The summed E-state index contributed by atoms with van der Waals surface area (Å²) in [6.07, 6.45) is 0. The van der Waals surface area contributed by atoms with Crippen molar-refractivity contribution in [1.29, 1.82) is 0 Å². The van der Waals surface area contributed by atoms with Crippen LogP contribution in [0, 0.1) is 6.92 Å². The Morgan fingerprint density at radius 1 is 0.897 bits per heavy atom. The Bertz CT molecular complexity index is 1170. The summed E-state index contributed by atoms with van der Waals surface area (Å²) in [7, 11) is -4.10. The molecule has 29 heavy (non-hydrogen) atoms. The molecule has 0 aliphatic heterocycles. The average Bonchev–Trinajstić information content (AvgIpc) is 2.70. The molecule has 3 N–H and O–H groups in total. The third-order valence-electron chi connectivity index (χ3n) is 4.12. The molecule has 0 saturated carbocycles. The lowest BCUT2D eigenvalue weighted by Crippen LogP contribution is -2.19. The Labute approximate surface area is 168 Å². The number of sulfonamides is 1. The summed E-state index contributed by atoms with van der Waals surface area (Å²) in [5.41, 5.74) is 1.68. The van der Waals surface area contributed by atoms with Crippen LogP contribution in [0.25, 0.3) is 0 Å². The lowest BCUT2D eigenvalue weighted by Gasteiger charge is -2.13. The number of carbonyl (C=O) groups excluding carboxylic acids is 1. The number of hydrogen-bond donors (Lipinski definition) is 3. The lowest BCUT2D eigenvalue weighted by atomic mass is 10.1. The van der Waals surface area contributed by atoms with Crippen molar-refractivity contribution in [2.45, 2.75) is 11.8 Å². The third-order valence-corrected chi connectivity index (χ3v) is 5.48. The molecule has 0 aliphatic carbocycles. The van der Waals surface area contributed by atoms with E-state index in [1.54, 1.807) is 24.3 Å². The summed E-state index contributed by atoms with van der Waals surface area (Å²) in [5, 5.41) is 11.8. The van der Waals surface area contributed by atoms with E-state index in [0.29, 0.717) is 5.69 Å². The smallest absolute Gasteiger partial charge is 0.335 e. The van der Waals surface area contributed by atoms with E-state index in [0.717, 1.165) is 11.6 Å². The number of aromatic carboxylic acids is 1. The molecular formula is C21H18N2O5S. The molecule has 7 nitrogen and oxygen atoms in total. The van der Waals surface area contributed by atoms with Gasteiger partial charge in [0.05, 0.1) is 21.7 Å². The van der Waals surface area contributed by atoms with Gasteiger partial charge in [-0.05, 0) is 49.4 Å². The highest BCUT2D eigenvalue weighted by Crippen LogP contribution is 2.22. The second-order valence-electron chi connectivity index (χ2n) is 6.30. The van der Waals surface area contributed by atoms with Gasteiger partial charge in [-0.25, -0.2) is 13.2 Å². The highest BCUT2D eigenvalue weighted by molar-refractivity contribution is 7.92. The molecule has 0 atom stereocenters. The van der Waals surface area contributed by atoms with Crippen molar-refractivity contribution in [3.05, 3.63) is 89.5 Å². The lowest BCUT2D eigenvalue weighted by molar-refractivity contribution is 0.0696. The molecule has 0 fully saturated rings. The van der Waals surface area contributed by atoms with Crippen LogP contribution in [0.4, 0.5) is 11.4 Å². The average molecular weight is 410 g/mol. The maximum atomic E-state index is 12.7. The molecule has 148 valence electrons. The van der Waals surface area contributed by atoms with Gasteiger partial charge in [0.25, 0.3) is 15.9 Å². The molecule has 0 aliphatic rings. The van der Waals surface area contributed by atoms with Crippen molar-refractivity contribution in [2.75, 3.05) is 10.0 Å². The molecule has 0 saturated heterocycles. The molecule has 0 spiro atoms. The SMILES string of the molecule is Cc1ccc(NC(=O)c2ccccc2NS(=O)(=O)c2cccc(C(=O)O)c2)cc1. The third kappa shape index (κ3) is 4.80. The number of carboxylic acids is 1. The van der Waals surface area contributed by atoms with Crippen molar-refractivity contribution in [3.8, 4) is 0 Å². The van der Waals surface area contributed by atoms with Crippen molar-refractivity contribution < 1.29 is 23.1 Å². The van der Waals surface area contributed by atoms with Crippen LogP contribution in [-0.2, 0) is 10.0 Å². The minimum atomic E-state index is -4.10. The van der Waals surface area contributed by atoms with Crippen LogP contribution in [-0.4, -0.2) is 25.4 Å². The summed E-state index contributed by atoms with van der Waals surface area (Å²) in [4.78, 5) is 23.6. The molecule has 3 aromatic rings. The van der Waals surface area contributed by atoms with Crippen LogP contribution in [0.15, 0.2) is 77.7 Å². The number of hydrogen-bond acceptors (Lipinski definition) is 4. The topological polar surface area (TPSA) is 113 Å². The number of anilines is 2. The molecule has 0 bridgehead atoms. The Kier molecular flexibility index (Phi) is 5.65. The Hall–Kier alpha value is -3.65. The monoisotopic (exact) mass is 410 g/mol. The molecular weight excluding hydrogens is 392 g/mol. The molecule has 0 unspecified atom stereocenters. The van der Waals surface area contributed by atoms with Gasteiger partial charge in [0, 0.05) is 5.69 Å². The summed E-state index contributed by atoms with van der Waals surface area (Å²) in [5.74, 6) is -1.72. The predicted molar refractivity (Wildman–Crippen MR) is 110 cm³/mol. The second kappa shape index (κ2) is 8.15. The van der Waals surface area contributed by atoms with Crippen LogP contribution >= 0.6 is 0 Å². The van der Waals surface area contributed by atoms with Crippen LogP contribution in [0.1, 0.15) is 26.3 Å². The number of carboxylic acid groups (broad SMARTS) is 1. The van der Waals surface area contributed by atoms with E-state index in [1.165, 1.54) is 30.3 Å². The first-order valence-corrected chi connectivity index (χ1v) is 10.1. The van der Waals surface area contributed by atoms with Gasteiger partial charge < -0.3 is 10.4 Å². The molecule has 0 heterocycles. The predicted octanol–water partition coefficient (Wildman–Crippen LogP) is 3.75. The molecule has 3 rings (SSSR count). The van der Waals surface area contributed by atoms with Gasteiger partial charge in [0.2, 0.25) is 0 Å². The van der Waals surface area contributed by atoms with Crippen LogP contribution in [0.3, 0.4) is 0 Å². The minimum absolute atomic E-state index is 0.0813. The molecule has 0 radical (unpaired) electrons. The van der Waals surface area contributed by atoms with Crippen molar-refractivity contribution in [3.63, 3.8) is 0 Å². The highest BCUT2D eigenvalue weighted by Gasteiger charge is 2.20. The summed E-state index contributed by atoms with van der Waals surface area (Å²) < 4.78 is 27.8. The van der Waals surface area contributed by atoms with Gasteiger partial charge in [-0.3, -0.25) is 9.52 Å². The molecule has 3 aromatic carbocycles. The summed E-state index contributed by atoms with van der Waals surface area (Å²) >= 11 is 0. The second-order valence-corrected chi connectivity index (χ2v) is 7.99. The minimum Gasteiger partial charge on any atom is -0.478 e. The van der Waals surface area contributed by atoms with Crippen LogP contribution < -0.4 is 10.0 Å². The Morgan fingerprint density at radius 3 is 2.28 bits per heavy atom. The maximum absolute atomic E-state index is 12.7. The fourth-order valence-corrected chi connectivity index (χ4v) is 3.73. The number of aryl methyl sites for hydroxylation is 1. The quantitative estimate of drug-likeness (QED) is 0.573. The first kappa shape index (κ1) is 20.1. The first-order valence-electron chi connectivity index (χ1n) is 8.59. The molecule has 1 amide bonds. The van der Waals surface area contributed by atoms with Gasteiger partial charge in [-0.2, -0.15) is 0 Å². The summed E-state index contributed by atoms with van der Waals surface area (Å²) in [6, 6.07) is 18.3. The normalized spacial score (nSPS) is 10.9. The maximum Gasteiger partial charge on any atom is 0.335 e. The number of para-hydroxylation sites is 1. The summed E-state index contributed by atoms with van der Waals surface area (Å²) in [6.45, 7) is 1.93. The number of benzene rings is 3. The van der Waals surface area contributed by atoms with Crippen LogP contribution in [0.5, 0.6) is 0 Å². The number of nitrogens with one attached hydrogen (secondary N) is 2. The fraction of sp³-hybridized carbons (Fsp3) is 0.0476. The fourth-order valence-electron chi connectivity index (χ4n) is 2.61. The first-order chi connectivity index (χ1) is 13.8. The molecule has 8 heteroatoms. The number of carbonyl (C=O) groups is 2. The zero-order valence-corrected chi connectivity index (χ0v) is 16.2. The van der Waals surface area contributed by atoms with Crippen LogP contribution in [0.2, 0.25) is 0 Å². The van der Waals surface area contributed by atoms with Crippen molar-refractivity contribution in [2.24, 2.45) is 0 Å². The standard InChI is InChI=1S/C21H18N2O5S/c1-14-9-11-16(12-10-14)22-20(24)18-7-2-3-8-19(18)23-29(27,28)17-6-4-5-15(13-17)21(25)26/h2-13,23H,1H3,(H,22,24)(H,25,26).